The predicted octanol–water partition coefficient (Wildman–Crippen LogP) is 4.61. The first-order valence-electron chi connectivity index (χ1n) is 7.14. The van der Waals surface area contributed by atoms with Gasteiger partial charge in [-0.3, -0.25) is 0 Å². The normalized spacial score (nSPS) is 14.3. The fourth-order valence-corrected chi connectivity index (χ4v) is 2.53. The van der Waals surface area contributed by atoms with Crippen LogP contribution in [0.15, 0.2) is 34.9 Å². The Morgan fingerprint density at radius 2 is 2.00 bits per heavy atom. The Kier molecular flexibility index (Phi) is 4.01. The molecule has 1 fully saturated rings. The molecule has 1 N–H and O–H groups in total. The maximum absolute atomic E-state index is 4.60. The number of halogens is 1. The molecule has 0 amide bonds. The van der Waals surface area contributed by atoms with Crippen LogP contribution in [-0.4, -0.2) is 16.5 Å². The zero-order valence-electron chi connectivity index (χ0n) is 11.6. The molecule has 20 heavy (non-hydrogen) atoms. The quantitative estimate of drug-likeness (QED) is 0.869. The lowest BCUT2D eigenvalue weighted by atomic mass is 10.1. The highest BCUT2D eigenvalue weighted by Crippen LogP contribution is 2.40. The third-order valence-electron chi connectivity index (χ3n) is 3.50. The molecule has 0 bridgehead atoms. The summed E-state index contributed by atoms with van der Waals surface area (Å²) >= 11 is 3.48. The Hall–Kier alpha value is -1.42. The van der Waals surface area contributed by atoms with Crippen molar-refractivity contribution in [2.24, 2.45) is 0 Å². The molecule has 0 unspecified atom stereocenters. The van der Waals surface area contributed by atoms with Crippen LogP contribution in [0.1, 0.15) is 37.7 Å². The van der Waals surface area contributed by atoms with Gasteiger partial charge in [-0.2, -0.15) is 0 Å². The van der Waals surface area contributed by atoms with E-state index >= 15 is 0 Å². The standard InChI is InChI=1S/C16H18BrN3/c1-2-9-18-16-14(17)10-19-15(20-16)13-7-5-12(6-8-13)11-3-4-11/h5-8,10-11H,2-4,9H2,1H3,(H,18,19,20). The summed E-state index contributed by atoms with van der Waals surface area (Å²) < 4.78 is 0.907. The highest BCUT2D eigenvalue weighted by atomic mass is 79.9. The first-order valence-corrected chi connectivity index (χ1v) is 7.94. The molecule has 0 saturated heterocycles. The van der Waals surface area contributed by atoms with E-state index in [-0.39, 0.29) is 0 Å². The maximum atomic E-state index is 4.60. The zero-order chi connectivity index (χ0) is 13.9. The summed E-state index contributed by atoms with van der Waals surface area (Å²) in [6, 6.07) is 8.66. The van der Waals surface area contributed by atoms with E-state index in [0.717, 1.165) is 40.6 Å². The third-order valence-corrected chi connectivity index (χ3v) is 4.08. The highest BCUT2D eigenvalue weighted by Gasteiger charge is 2.23. The molecule has 1 aliphatic carbocycles. The minimum atomic E-state index is 0.772. The lowest BCUT2D eigenvalue weighted by molar-refractivity contribution is 0.963. The van der Waals surface area contributed by atoms with Crippen LogP contribution >= 0.6 is 15.9 Å². The number of anilines is 1. The zero-order valence-corrected chi connectivity index (χ0v) is 13.2. The van der Waals surface area contributed by atoms with Crippen molar-refractivity contribution in [3.8, 4) is 11.4 Å². The van der Waals surface area contributed by atoms with Gasteiger partial charge in [-0.1, -0.05) is 31.2 Å². The minimum absolute atomic E-state index is 0.772. The van der Waals surface area contributed by atoms with Crippen molar-refractivity contribution in [3.05, 3.63) is 40.5 Å². The van der Waals surface area contributed by atoms with E-state index in [1.165, 1.54) is 18.4 Å². The van der Waals surface area contributed by atoms with Crippen LogP contribution in [0.2, 0.25) is 0 Å². The Bertz CT molecular complexity index is 591. The van der Waals surface area contributed by atoms with E-state index < -0.39 is 0 Å². The van der Waals surface area contributed by atoms with Crippen molar-refractivity contribution in [1.82, 2.24) is 9.97 Å². The summed E-state index contributed by atoms with van der Waals surface area (Å²) in [5.74, 6) is 2.42. The number of aromatic nitrogens is 2. The molecule has 0 radical (unpaired) electrons. The van der Waals surface area contributed by atoms with Crippen LogP contribution in [0.4, 0.5) is 5.82 Å². The first kappa shape index (κ1) is 13.6. The summed E-state index contributed by atoms with van der Waals surface area (Å²) in [5, 5.41) is 3.31. The summed E-state index contributed by atoms with van der Waals surface area (Å²) in [4.78, 5) is 9.01. The molecule has 0 atom stereocenters. The molecular weight excluding hydrogens is 314 g/mol. The van der Waals surface area contributed by atoms with E-state index in [2.05, 4.69) is 62.4 Å². The van der Waals surface area contributed by atoms with Gasteiger partial charge in [0, 0.05) is 18.3 Å². The number of benzene rings is 1. The molecule has 1 aromatic carbocycles. The number of rotatable bonds is 5. The SMILES string of the molecule is CCCNc1nc(-c2ccc(C3CC3)cc2)ncc1Br. The van der Waals surface area contributed by atoms with Crippen LogP contribution in [-0.2, 0) is 0 Å². The molecule has 1 aliphatic rings. The van der Waals surface area contributed by atoms with Gasteiger partial charge in [0.25, 0.3) is 0 Å². The fourth-order valence-electron chi connectivity index (χ4n) is 2.19. The van der Waals surface area contributed by atoms with Crippen LogP contribution in [0.25, 0.3) is 11.4 Å². The van der Waals surface area contributed by atoms with Crippen molar-refractivity contribution in [1.29, 1.82) is 0 Å². The molecule has 1 heterocycles. The van der Waals surface area contributed by atoms with Crippen LogP contribution < -0.4 is 5.32 Å². The van der Waals surface area contributed by atoms with Gasteiger partial charge in [0.1, 0.15) is 5.82 Å². The van der Waals surface area contributed by atoms with Gasteiger partial charge in [-0.05, 0) is 46.7 Å². The summed E-state index contributed by atoms with van der Waals surface area (Å²) in [7, 11) is 0. The second-order valence-electron chi connectivity index (χ2n) is 5.21. The molecule has 3 rings (SSSR count). The van der Waals surface area contributed by atoms with Gasteiger partial charge in [0.2, 0.25) is 0 Å². The van der Waals surface area contributed by atoms with Gasteiger partial charge in [0.15, 0.2) is 5.82 Å². The molecule has 0 aliphatic heterocycles. The maximum Gasteiger partial charge on any atom is 0.161 e. The Morgan fingerprint density at radius 1 is 1.25 bits per heavy atom. The molecule has 0 spiro atoms. The first-order chi connectivity index (χ1) is 9.78. The van der Waals surface area contributed by atoms with E-state index in [0.29, 0.717) is 0 Å². The lowest BCUT2D eigenvalue weighted by Gasteiger charge is -2.08. The van der Waals surface area contributed by atoms with Crippen LogP contribution in [0.3, 0.4) is 0 Å². The van der Waals surface area contributed by atoms with E-state index in [1.54, 1.807) is 0 Å². The summed E-state index contributed by atoms with van der Waals surface area (Å²) in [6.45, 7) is 3.05. The molecule has 4 heteroatoms. The summed E-state index contributed by atoms with van der Waals surface area (Å²) in [5.41, 5.74) is 2.51. The average molecular weight is 332 g/mol. The van der Waals surface area contributed by atoms with Crippen molar-refractivity contribution >= 4 is 21.7 Å². The van der Waals surface area contributed by atoms with Gasteiger partial charge in [-0.25, -0.2) is 9.97 Å². The number of hydrogen-bond donors (Lipinski definition) is 1. The van der Waals surface area contributed by atoms with Crippen molar-refractivity contribution in [3.63, 3.8) is 0 Å². The second kappa shape index (κ2) is 5.92. The Labute approximate surface area is 128 Å². The predicted molar refractivity (Wildman–Crippen MR) is 85.9 cm³/mol. The number of nitrogens with zero attached hydrogens (tertiary/aromatic N) is 2. The molecular formula is C16H18BrN3. The van der Waals surface area contributed by atoms with Crippen molar-refractivity contribution in [2.75, 3.05) is 11.9 Å². The van der Waals surface area contributed by atoms with Crippen molar-refractivity contribution < 1.29 is 0 Å². The fraction of sp³-hybridized carbons (Fsp3) is 0.375. The molecule has 104 valence electrons. The van der Waals surface area contributed by atoms with E-state index in [1.807, 2.05) is 6.20 Å². The average Bonchev–Trinajstić information content (AvgIpc) is 3.31. The Morgan fingerprint density at radius 3 is 2.65 bits per heavy atom. The van der Waals surface area contributed by atoms with Gasteiger partial charge >= 0.3 is 0 Å². The third kappa shape index (κ3) is 3.01. The number of hydrogen-bond acceptors (Lipinski definition) is 3. The highest BCUT2D eigenvalue weighted by molar-refractivity contribution is 9.10. The molecule has 2 aromatic rings. The van der Waals surface area contributed by atoms with Gasteiger partial charge in [-0.15, -0.1) is 0 Å². The Balaban J connectivity index is 1.84. The monoisotopic (exact) mass is 331 g/mol. The van der Waals surface area contributed by atoms with E-state index in [4.69, 9.17) is 0 Å². The topological polar surface area (TPSA) is 37.8 Å². The van der Waals surface area contributed by atoms with Gasteiger partial charge < -0.3 is 5.32 Å². The smallest absolute Gasteiger partial charge is 0.161 e. The second-order valence-corrected chi connectivity index (χ2v) is 6.07. The van der Waals surface area contributed by atoms with E-state index in [9.17, 15) is 0 Å². The minimum Gasteiger partial charge on any atom is -0.369 e. The summed E-state index contributed by atoms with van der Waals surface area (Å²) in [6.07, 6.45) is 5.55. The largest absolute Gasteiger partial charge is 0.369 e. The molecule has 3 nitrogen and oxygen atoms in total. The lowest BCUT2D eigenvalue weighted by Crippen LogP contribution is -2.04. The molecule has 1 aromatic heterocycles. The van der Waals surface area contributed by atoms with Crippen molar-refractivity contribution in [2.45, 2.75) is 32.1 Å². The van der Waals surface area contributed by atoms with Crippen LogP contribution in [0.5, 0.6) is 0 Å². The van der Waals surface area contributed by atoms with Crippen LogP contribution in [0, 0.1) is 0 Å². The number of nitrogens with one attached hydrogen (secondary N) is 1. The molecule has 1 saturated carbocycles. The van der Waals surface area contributed by atoms with Gasteiger partial charge in [0.05, 0.1) is 4.47 Å².